The third-order valence-electron chi connectivity index (χ3n) is 1.13. The second-order valence-electron chi connectivity index (χ2n) is 1.90. The van der Waals surface area contributed by atoms with Gasteiger partial charge in [-0.2, -0.15) is 4.98 Å². The van der Waals surface area contributed by atoms with Gasteiger partial charge in [-0.05, 0) is 0 Å². The fourth-order valence-electron chi connectivity index (χ4n) is 0.620. The Balaban J connectivity index is 2.59. The van der Waals surface area contributed by atoms with Crippen molar-refractivity contribution in [3.8, 4) is 0 Å². The molecular weight excluding hydrogens is 152 g/mol. The first-order chi connectivity index (χ1) is 4.86. The first-order valence-corrected chi connectivity index (χ1v) is 3.77. The summed E-state index contributed by atoms with van der Waals surface area (Å²) < 4.78 is 4.85. The van der Waals surface area contributed by atoms with Crippen molar-refractivity contribution in [3.05, 3.63) is 11.7 Å². The molecule has 0 atom stereocenters. The second kappa shape index (κ2) is 3.56. The van der Waals surface area contributed by atoms with E-state index >= 15 is 0 Å². The van der Waals surface area contributed by atoms with Crippen LogP contribution in [0.15, 0.2) is 4.52 Å². The van der Waals surface area contributed by atoms with Crippen molar-refractivity contribution in [2.45, 2.75) is 19.8 Å². The standard InChI is InChI=1S/C6H9ClN2O/c1-2-6-8-5(3-4-7)9-10-6/h2-4H2,1H3. The highest BCUT2D eigenvalue weighted by molar-refractivity contribution is 6.17. The van der Waals surface area contributed by atoms with Crippen LogP contribution in [0, 0.1) is 0 Å². The van der Waals surface area contributed by atoms with Crippen molar-refractivity contribution in [1.82, 2.24) is 10.1 Å². The predicted molar refractivity (Wildman–Crippen MR) is 38.1 cm³/mol. The molecule has 10 heavy (non-hydrogen) atoms. The Kier molecular flexibility index (Phi) is 2.68. The monoisotopic (exact) mass is 160 g/mol. The number of hydrogen-bond donors (Lipinski definition) is 0. The summed E-state index contributed by atoms with van der Waals surface area (Å²) >= 11 is 5.47. The minimum atomic E-state index is 0.544. The average Bonchev–Trinajstić information content (AvgIpc) is 2.37. The van der Waals surface area contributed by atoms with Crippen LogP contribution < -0.4 is 0 Å². The summed E-state index contributed by atoms with van der Waals surface area (Å²) in [5.41, 5.74) is 0. The van der Waals surface area contributed by atoms with Crippen LogP contribution in [0.4, 0.5) is 0 Å². The molecule has 3 nitrogen and oxygen atoms in total. The Hall–Kier alpha value is -0.570. The van der Waals surface area contributed by atoms with Gasteiger partial charge >= 0.3 is 0 Å². The molecule has 0 aliphatic heterocycles. The lowest BCUT2D eigenvalue weighted by atomic mass is 10.4. The van der Waals surface area contributed by atoms with Gasteiger partial charge in [0.1, 0.15) is 0 Å². The first-order valence-electron chi connectivity index (χ1n) is 3.24. The molecule has 1 aromatic heterocycles. The van der Waals surface area contributed by atoms with E-state index in [0.717, 1.165) is 6.42 Å². The predicted octanol–water partition coefficient (Wildman–Crippen LogP) is 1.41. The Morgan fingerprint density at radius 3 is 2.90 bits per heavy atom. The van der Waals surface area contributed by atoms with Crippen LogP contribution in [0.3, 0.4) is 0 Å². The van der Waals surface area contributed by atoms with Gasteiger partial charge in [0.2, 0.25) is 5.89 Å². The van der Waals surface area contributed by atoms with Crippen LogP contribution in [0.5, 0.6) is 0 Å². The molecule has 0 fully saturated rings. The molecule has 0 saturated heterocycles. The van der Waals surface area contributed by atoms with Gasteiger partial charge in [-0.15, -0.1) is 11.6 Å². The van der Waals surface area contributed by atoms with E-state index in [-0.39, 0.29) is 0 Å². The van der Waals surface area contributed by atoms with Gasteiger partial charge in [-0.25, -0.2) is 0 Å². The zero-order valence-electron chi connectivity index (χ0n) is 5.80. The van der Waals surface area contributed by atoms with Crippen molar-refractivity contribution in [2.75, 3.05) is 5.88 Å². The minimum Gasteiger partial charge on any atom is -0.339 e. The second-order valence-corrected chi connectivity index (χ2v) is 2.27. The number of halogens is 1. The third-order valence-corrected chi connectivity index (χ3v) is 1.32. The van der Waals surface area contributed by atoms with Gasteiger partial charge in [-0.1, -0.05) is 12.1 Å². The average molecular weight is 161 g/mol. The van der Waals surface area contributed by atoms with Gasteiger partial charge in [0.05, 0.1) is 0 Å². The molecule has 0 aliphatic rings. The zero-order valence-corrected chi connectivity index (χ0v) is 6.56. The summed E-state index contributed by atoms with van der Waals surface area (Å²) in [4.78, 5) is 4.06. The van der Waals surface area contributed by atoms with Gasteiger partial charge in [-0.3, -0.25) is 0 Å². The molecule has 0 aromatic carbocycles. The molecule has 1 aromatic rings. The lowest BCUT2D eigenvalue weighted by Crippen LogP contribution is -1.88. The first kappa shape index (κ1) is 7.54. The fraction of sp³-hybridized carbons (Fsp3) is 0.667. The van der Waals surface area contributed by atoms with E-state index in [9.17, 15) is 0 Å². The summed E-state index contributed by atoms with van der Waals surface area (Å²) in [7, 11) is 0. The molecule has 1 rings (SSSR count). The number of rotatable bonds is 3. The summed E-state index contributed by atoms with van der Waals surface area (Å²) in [5, 5.41) is 3.71. The van der Waals surface area contributed by atoms with Crippen LogP contribution in [0.1, 0.15) is 18.6 Å². The number of hydrogen-bond acceptors (Lipinski definition) is 3. The van der Waals surface area contributed by atoms with Crippen molar-refractivity contribution in [3.63, 3.8) is 0 Å². The third kappa shape index (κ3) is 1.70. The summed E-state index contributed by atoms with van der Waals surface area (Å²) in [6.45, 7) is 1.97. The molecule has 1 heterocycles. The van der Waals surface area contributed by atoms with E-state index in [1.165, 1.54) is 0 Å². The molecule has 0 unspecified atom stereocenters. The Morgan fingerprint density at radius 1 is 1.60 bits per heavy atom. The van der Waals surface area contributed by atoms with E-state index in [2.05, 4.69) is 10.1 Å². The normalized spacial score (nSPS) is 10.2. The highest BCUT2D eigenvalue weighted by Crippen LogP contribution is 1.98. The molecule has 0 bridgehead atoms. The topological polar surface area (TPSA) is 38.9 Å². The van der Waals surface area contributed by atoms with Crippen molar-refractivity contribution in [1.29, 1.82) is 0 Å². The lowest BCUT2D eigenvalue weighted by molar-refractivity contribution is 0.377. The molecule has 0 N–H and O–H groups in total. The molecule has 4 heteroatoms. The van der Waals surface area contributed by atoms with E-state index in [4.69, 9.17) is 16.1 Å². The molecule has 0 amide bonds. The number of aromatic nitrogens is 2. The Morgan fingerprint density at radius 2 is 2.40 bits per heavy atom. The molecule has 0 radical (unpaired) electrons. The van der Waals surface area contributed by atoms with E-state index in [1.54, 1.807) is 0 Å². The van der Waals surface area contributed by atoms with Crippen molar-refractivity contribution >= 4 is 11.6 Å². The van der Waals surface area contributed by atoms with Crippen LogP contribution in [0.25, 0.3) is 0 Å². The molecule has 0 aliphatic carbocycles. The molecule has 56 valence electrons. The van der Waals surface area contributed by atoms with Crippen LogP contribution >= 0.6 is 11.6 Å². The zero-order chi connectivity index (χ0) is 7.40. The Bertz CT molecular complexity index is 199. The minimum absolute atomic E-state index is 0.544. The summed E-state index contributed by atoms with van der Waals surface area (Å²) in [5.74, 6) is 1.93. The highest BCUT2D eigenvalue weighted by Gasteiger charge is 2.01. The van der Waals surface area contributed by atoms with Gasteiger partial charge in [0.15, 0.2) is 5.82 Å². The van der Waals surface area contributed by atoms with Gasteiger partial charge < -0.3 is 4.52 Å². The van der Waals surface area contributed by atoms with Crippen LogP contribution in [-0.4, -0.2) is 16.0 Å². The largest absolute Gasteiger partial charge is 0.339 e. The molecule has 0 spiro atoms. The van der Waals surface area contributed by atoms with Gasteiger partial charge in [0.25, 0.3) is 0 Å². The Labute approximate surface area is 64.4 Å². The maximum Gasteiger partial charge on any atom is 0.226 e. The quantitative estimate of drug-likeness (QED) is 0.628. The summed E-state index contributed by atoms with van der Waals surface area (Å²) in [6.07, 6.45) is 1.47. The van der Waals surface area contributed by atoms with Crippen molar-refractivity contribution in [2.24, 2.45) is 0 Å². The SMILES string of the molecule is CCc1nc(CCCl)no1. The van der Waals surface area contributed by atoms with Crippen molar-refractivity contribution < 1.29 is 4.52 Å². The van der Waals surface area contributed by atoms with Crippen LogP contribution in [-0.2, 0) is 12.8 Å². The number of alkyl halides is 1. The maximum absolute atomic E-state index is 5.47. The smallest absolute Gasteiger partial charge is 0.226 e. The van der Waals surface area contributed by atoms with E-state index in [1.807, 2.05) is 6.92 Å². The van der Waals surface area contributed by atoms with Crippen LogP contribution in [0.2, 0.25) is 0 Å². The number of aryl methyl sites for hydroxylation is 2. The lowest BCUT2D eigenvalue weighted by Gasteiger charge is -1.81. The highest BCUT2D eigenvalue weighted by atomic mass is 35.5. The number of nitrogens with zero attached hydrogens (tertiary/aromatic N) is 2. The van der Waals surface area contributed by atoms with E-state index < -0.39 is 0 Å². The van der Waals surface area contributed by atoms with E-state index in [0.29, 0.717) is 24.0 Å². The molecule has 0 saturated carbocycles. The van der Waals surface area contributed by atoms with Gasteiger partial charge in [0, 0.05) is 18.7 Å². The maximum atomic E-state index is 5.47. The summed E-state index contributed by atoms with van der Waals surface area (Å²) in [6, 6.07) is 0. The fourth-order valence-corrected chi connectivity index (χ4v) is 0.789. The molecular formula is C6H9ClN2O.